The van der Waals surface area contributed by atoms with Crippen molar-refractivity contribution in [2.45, 2.75) is 18.9 Å². The summed E-state index contributed by atoms with van der Waals surface area (Å²) in [5, 5.41) is 15.3. The minimum absolute atomic E-state index is 0.0514. The number of aromatic nitrogens is 2. The maximum Gasteiger partial charge on any atom is 0.293 e. The fraction of sp³-hybridized carbons (Fsp3) is 0.273. The van der Waals surface area contributed by atoms with Crippen molar-refractivity contribution in [3.63, 3.8) is 0 Å². The molecule has 2 aromatic carbocycles. The monoisotopic (exact) mass is 405 g/mol. The normalized spacial score (nSPS) is 14.5. The molecule has 1 aliphatic rings. The van der Waals surface area contributed by atoms with Crippen LogP contribution in [0.25, 0.3) is 0 Å². The number of piperidine rings is 1. The molecule has 0 spiro atoms. The molecule has 1 aromatic heterocycles. The maximum atomic E-state index is 12.7. The minimum Gasteiger partial charge on any atom is -0.382 e. The molecular formula is C22H23N5O3. The molecule has 3 aromatic rings. The second-order valence-electron chi connectivity index (χ2n) is 7.42. The molecule has 0 bridgehead atoms. The molecule has 1 saturated heterocycles. The van der Waals surface area contributed by atoms with Gasteiger partial charge in [-0.05, 0) is 37.1 Å². The molecule has 0 unspecified atom stereocenters. The van der Waals surface area contributed by atoms with Crippen LogP contribution in [0.4, 0.5) is 17.1 Å². The molecule has 4 rings (SSSR count). The van der Waals surface area contributed by atoms with Gasteiger partial charge in [0.25, 0.3) is 5.69 Å². The van der Waals surface area contributed by atoms with E-state index in [0.717, 1.165) is 18.5 Å². The number of nitrogens with zero attached hydrogens (tertiary/aromatic N) is 4. The number of imidazole rings is 1. The highest BCUT2D eigenvalue weighted by Gasteiger charge is 2.26. The Kier molecular flexibility index (Phi) is 5.47. The fourth-order valence-electron chi connectivity index (χ4n) is 3.83. The van der Waals surface area contributed by atoms with Gasteiger partial charge in [0.05, 0.1) is 4.92 Å². The van der Waals surface area contributed by atoms with E-state index in [9.17, 15) is 14.9 Å². The van der Waals surface area contributed by atoms with Crippen molar-refractivity contribution in [3.8, 4) is 0 Å². The van der Waals surface area contributed by atoms with E-state index in [-0.39, 0.29) is 22.9 Å². The highest BCUT2D eigenvalue weighted by atomic mass is 16.6. The van der Waals surface area contributed by atoms with Crippen LogP contribution in [0.15, 0.2) is 60.9 Å². The Labute approximate surface area is 174 Å². The Morgan fingerprint density at radius 2 is 1.90 bits per heavy atom. The number of nitro benzene ring substituents is 1. The second-order valence-corrected chi connectivity index (χ2v) is 7.42. The van der Waals surface area contributed by atoms with Gasteiger partial charge in [-0.15, -0.1) is 0 Å². The van der Waals surface area contributed by atoms with Crippen LogP contribution in [0.3, 0.4) is 0 Å². The molecule has 1 fully saturated rings. The molecule has 154 valence electrons. The number of aryl methyl sites for hydroxylation is 1. The summed E-state index contributed by atoms with van der Waals surface area (Å²) >= 11 is 0. The zero-order valence-corrected chi connectivity index (χ0v) is 16.7. The van der Waals surface area contributed by atoms with Gasteiger partial charge in [0, 0.05) is 55.9 Å². The van der Waals surface area contributed by atoms with E-state index in [1.165, 1.54) is 12.3 Å². The zero-order chi connectivity index (χ0) is 21.1. The molecule has 0 atom stereocenters. The molecule has 30 heavy (non-hydrogen) atoms. The van der Waals surface area contributed by atoms with Gasteiger partial charge in [0.1, 0.15) is 5.69 Å². The number of para-hydroxylation sites is 1. The number of ketones is 1. The van der Waals surface area contributed by atoms with Gasteiger partial charge < -0.3 is 14.8 Å². The lowest BCUT2D eigenvalue weighted by molar-refractivity contribution is -0.384. The second kappa shape index (κ2) is 8.36. The lowest BCUT2D eigenvalue weighted by atomic mass is 10.0. The third-order valence-electron chi connectivity index (χ3n) is 5.44. The SMILES string of the molecule is Cn1ccnc1C(=O)c1ccc(N2CCC(Nc3ccccc3)CC2)c([N+](=O)[O-])c1. The average Bonchev–Trinajstić information content (AvgIpc) is 3.20. The van der Waals surface area contributed by atoms with E-state index in [1.807, 2.05) is 35.2 Å². The largest absolute Gasteiger partial charge is 0.382 e. The van der Waals surface area contributed by atoms with Crippen molar-refractivity contribution in [1.29, 1.82) is 0 Å². The van der Waals surface area contributed by atoms with Crippen LogP contribution in [0.1, 0.15) is 29.0 Å². The van der Waals surface area contributed by atoms with E-state index < -0.39 is 4.92 Å². The predicted molar refractivity (Wildman–Crippen MR) is 115 cm³/mol. The van der Waals surface area contributed by atoms with Crippen LogP contribution >= 0.6 is 0 Å². The first-order chi connectivity index (χ1) is 14.5. The minimum atomic E-state index is -0.418. The number of anilines is 2. The summed E-state index contributed by atoms with van der Waals surface area (Å²) in [5.41, 5.74) is 1.85. The molecule has 1 aliphatic heterocycles. The molecule has 0 aliphatic carbocycles. The van der Waals surface area contributed by atoms with Gasteiger partial charge in [-0.1, -0.05) is 18.2 Å². The Bertz CT molecular complexity index is 1060. The van der Waals surface area contributed by atoms with Crippen LogP contribution in [0, 0.1) is 10.1 Å². The number of hydrogen-bond donors (Lipinski definition) is 1. The van der Waals surface area contributed by atoms with E-state index in [0.29, 0.717) is 24.8 Å². The molecule has 1 N–H and O–H groups in total. The molecule has 0 radical (unpaired) electrons. The summed E-state index contributed by atoms with van der Waals surface area (Å²) in [4.78, 5) is 30.1. The van der Waals surface area contributed by atoms with Crippen molar-refractivity contribution >= 4 is 22.8 Å². The van der Waals surface area contributed by atoms with Gasteiger partial charge in [-0.25, -0.2) is 4.98 Å². The Balaban J connectivity index is 1.50. The summed E-state index contributed by atoms with van der Waals surface area (Å²) in [6.45, 7) is 1.41. The number of hydrogen-bond acceptors (Lipinski definition) is 6. The topological polar surface area (TPSA) is 93.3 Å². The van der Waals surface area contributed by atoms with Crippen molar-refractivity contribution in [2.24, 2.45) is 7.05 Å². The highest BCUT2D eigenvalue weighted by Crippen LogP contribution is 2.32. The maximum absolute atomic E-state index is 12.7. The first-order valence-electron chi connectivity index (χ1n) is 9.90. The van der Waals surface area contributed by atoms with Crippen LogP contribution < -0.4 is 10.2 Å². The third-order valence-corrected chi connectivity index (χ3v) is 5.44. The van der Waals surface area contributed by atoms with E-state index in [1.54, 1.807) is 29.9 Å². The smallest absolute Gasteiger partial charge is 0.293 e. The fourth-order valence-corrected chi connectivity index (χ4v) is 3.83. The molecule has 2 heterocycles. The zero-order valence-electron chi connectivity index (χ0n) is 16.7. The van der Waals surface area contributed by atoms with Crippen molar-refractivity contribution in [1.82, 2.24) is 9.55 Å². The van der Waals surface area contributed by atoms with Crippen molar-refractivity contribution in [3.05, 3.63) is 82.4 Å². The third kappa shape index (κ3) is 4.03. The van der Waals surface area contributed by atoms with Crippen LogP contribution in [-0.4, -0.2) is 39.4 Å². The lowest BCUT2D eigenvalue weighted by Gasteiger charge is -2.34. The first-order valence-corrected chi connectivity index (χ1v) is 9.90. The highest BCUT2D eigenvalue weighted by molar-refractivity contribution is 6.07. The molecule has 8 heteroatoms. The molecule has 8 nitrogen and oxygen atoms in total. The van der Waals surface area contributed by atoms with Gasteiger partial charge in [-0.3, -0.25) is 14.9 Å². The number of nitrogens with one attached hydrogen (secondary N) is 1. The Morgan fingerprint density at radius 1 is 1.17 bits per heavy atom. The van der Waals surface area contributed by atoms with E-state index in [4.69, 9.17) is 0 Å². The Morgan fingerprint density at radius 3 is 2.53 bits per heavy atom. The quantitative estimate of drug-likeness (QED) is 0.382. The van der Waals surface area contributed by atoms with E-state index >= 15 is 0 Å². The number of rotatable bonds is 6. The lowest BCUT2D eigenvalue weighted by Crippen LogP contribution is -2.39. The van der Waals surface area contributed by atoms with Crippen LogP contribution in [0.5, 0.6) is 0 Å². The standard InChI is InChI=1S/C22H23N5O3/c1-25-14-11-23-22(25)21(28)16-7-8-19(20(15-16)27(29)30)26-12-9-18(10-13-26)24-17-5-3-2-4-6-17/h2-8,11,14-15,18,24H,9-10,12-13H2,1H3. The predicted octanol–water partition coefficient (Wildman–Crippen LogP) is 3.64. The molecule has 0 amide bonds. The van der Waals surface area contributed by atoms with Gasteiger partial charge >= 0.3 is 0 Å². The summed E-state index contributed by atoms with van der Waals surface area (Å²) in [5.74, 6) is -0.0761. The number of carbonyl (C=O) groups excluding carboxylic acids is 1. The Hall–Kier alpha value is -3.68. The summed E-state index contributed by atoms with van der Waals surface area (Å²) < 4.78 is 1.60. The van der Waals surface area contributed by atoms with Crippen molar-refractivity contribution in [2.75, 3.05) is 23.3 Å². The van der Waals surface area contributed by atoms with Crippen LogP contribution in [-0.2, 0) is 7.05 Å². The number of carbonyl (C=O) groups is 1. The van der Waals surface area contributed by atoms with Gasteiger partial charge in [0.15, 0.2) is 5.82 Å². The van der Waals surface area contributed by atoms with Gasteiger partial charge in [-0.2, -0.15) is 0 Å². The molecular weight excluding hydrogens is 382 g/mol. The molecule has 0 saturated carbocycles. The van der Waals surface area contributed by atoms with E-state index in [2.05, 4.69) is 10.3 Å². The van der Waals surface area contributed by atoms with Gasteiger partial charge in [0.2, 0.25) is 5.78 Å². The summed E-state index contributed by atoms with van der Waals surface area (Å²) in [6, 6.07) is 15.1. The first kappa shape index (κ1) is 19.6. The summed E-state index contributed by atoms with van der Waals surface area (Å²) in [6.07, 6.45) is 4.95. The number of benzene rings is 2. The number of nitro groups is 1. The van der Waals surface area contributed by atoms with Crippen molar-refractivity contribution < 1.29 is 9.72 Å². The summed E-state index contributed by atoms with van der Waals surface area (Å²) in [7, 11) is 1.72. The average molecular weight is 405 g/mol. The van der Waals surface area contributed by atoms with Crippen LogP contribution in [0.2, 0.25) is 0 Å².